The number of carbonyl (C=O) groups is 2. The zero-order valence-electron chi connectivity index (χ0n) is 18.0. The van der Waals surface area contributed by atoms with E-state index in [0.29, 0.717) is 17.0 Å². The second kappa shape index (κ2) is 8.50. The lowest BCUT2D eigenvalue weighted by Gasteiger charge is -2.51. The Morgan fingerprint density at radius 2 is 1.97 bits per heavy atom. The maximum absolute atomic E-state index is 13.5. The highest BCUT2D eigenvalue weighted by atomic mass is 16.6. The highest BCUT2D eigenvalue weighted by molar-refractivity contribution is 5.96. The van der Waals surface area contributed by atoms with E-state index in [1.807, 2.05) is 0 Å². The molecule has 0 radical (unpaired) electrons. The maximum atomic E-state index is 13.5. The third-order valence-corrected chi connectivity index (χ3v) is 5.94. The molecule has 1 heterocycles. The Balaban J connectivity index is 2.40. The van der Waals surface area contributed by atoms with Gasteiger partial charge in [0.1, 0.15) is 5.41 Å². The molecule has 1 aliphatic carbocycles. The van der Waals surface area contributed by atoms with Gasteiger partial charge in [-0.2, -0.15) is 0 Å². The summed E-state index contributed by atoms with van der Waals surface area (Å²) in [6.07, 6.45) is -0.433. The van der Waals surface area contributed by atoms with Crippen molar-refractivity contribution in [3.8, 4) is 0 Å². The summed E-state index contributed by atoms with van der Waals surface area (Å²) >= 11 is 0. The number of non-ortho nitro benzene ring substituents is 1. The van der Waals surface area contributed by atoms with Crippen LogP contribution in [0.2, 0.25) is 0 Å². The fraction of sp³-hybridized carbons (Fsp3) is 0.455. The first kappa shape index (κ1) is 22.5. The molecule has 1 aromatic rings. The van der Waals surface area contributed by atoms with Crippen molar-refractivity contribution in [2.75, 3.05) is 20.3 Å². The van der Waals surface area contributed by atoms with Gasteiger partial charge in [0.15, 0.2) is 0 Å². The van der Waals surface area contributed by atoms with Gasteiger partial charge in [0, 0.05) is 43.0 Å². The molecule has 2 aliphatic rings. The molecule has 3 atom stereocenters. The zero-order chi connectivity index (χ0) is 22.9. The molecule has 1 aliphatic heterocycles. The van der Waals surface area contributed by atoms with Gasteiger partial charge < -0.3 is 19.5 Å². The van der Waals surface area contributed by atoms with Crippen LogP contribution in [0.15, 0.2) is 41.7 Å². The summed E-state index contributed by atoms with van der Waals surface area (Å²) in [7, 11) is 1.47. The van der Waals surface area contributed by atoms with Gasteiger partial charge in [-0.3, -0.25) is 14.9 Å². The van der Waals surface area contributed by atoms with Crippen LogP contribution in [-0.2, 0) is 30.2 Å². The van der Waals surface area contributed by atoms with Gasteiger partial charge >= 0.3 is 11.9 Å². The molecule has 0 amide bonds. The monoisotopic (exact) mass is 430 g/mol. The van der Waals surface area contributed by atoms with E-state index in [9.17, 15) is 19.7 Å². The maximum Gasteiger partial charge on any atom is 0.336 e. The lowest BCUT2D eigenvalue weighted by atomic mass is 9.56. The van der Waals surface area contributed by atoms with Crippen LogP contribution in [0.4, 0.5) is 5.69 Å². The number of esters is 2. The van der Waals surface area contributed by atoms with Crippen LogP contribution in [-0.4, -0.2) is 43.3 Å². The summed E-state index contributed by atoms with van der Waals surface area (Å²) in [5.74, 6) is -2.16. The Bertz CT molecular complexity index is 984. The average molecular weight is 430 g/mol. The Kier molecular flexibility index (Phi) is 6.17. The summed E-state index contributed by atoms with van der Waals surface area (Å²) in [5.41, 5.74) is 0.553. The van der Waals surface area contributed by atoms with Crippen molar-refractivity contribution < 1.29 is 28.7 Å². The standard InChI is InChI=1S/C22H26N2O7/c1-6-30-20(25)18-12(3)23-13(4)22(21(26)31-7-2)17(29-5)10-14-8-9-15(24(27)28)11-16(14)19(18)22/h8-9,11,17,19,23H,4,6-7,10H2,1-3,5H3. The second-order valence-corrected chi connectivity index (χ2v) is 7.45. The number of methoxy groups -OCH3 is 1. The third kappa shape index (κ3) is 3.38. The lowest BCUT2D eigenvalue weighted by Crippen LogP contribution is -2.59. The topological polar surface area (TPSA) is 117 Å². The van der Waals surface area contributed by atoms with Crippen molar-refractivity contribution in [3.63, 3.8) is 0 Å². The van der Waals surface area contributed by atoms with E-state index in [1.165, 1.54) is 19.2 Å². The van der Waals surface area contributed by atoms with Crippen LogP contribution < -0.4 is 5.32 Å². The molecule has 0 bridgehead atoms. The Morgan fingerprint density at radius 1 is 1.29 bits per heavy atom. The number of fused-ring (bicyclic) bond motifs is 3. The number of allylic oxidation sites excluding steroid dienone is 1. The van der Waals surface area contributed by atoms with E-state index in [1.54, 1.807) is 26.8 Å². The van der Waals surface area contributed by atoms with Gasteiger partial charge in [-0.15, -0.1) is 0 Å². The molecule has 166 valence electrons. The van der Waals surface area contributed by atoms with Crippen LogP contribution in [0.5, 0.6) is 0 Å². The minimum atomic E-state index is -1.51. The molecule has 0 fully saturated rings. The molecule has 0 spiro atoms. The third-order valence-electron chi connectivity index (χ3n) is 5.94. The molecule has 3 unspecified atom stereocenters. The smallest absolute Gasteiger partial charge is 0.336 e. The van der Waals surface area contributed by atoms with Crippen LogP contribution in [0.25, 0.3) is 0 Å². The van der Waals surface area contributed by atoms with E-state index in [0.717, 1.165) is 5.56 Å². The van der Waals surface area contributed by atoms with Crippen molar-refractivity contribution in [2.45, 2.75) is 39.2 Å². The second-order valence-electron chi connectivity index (χ2n) is 7.45. The van der Waals surface area contributed by atoms with Crippen LogP contribution in [0, 0.1) is 15.5 Å². The van der Waals surface area contributed by atoms with Gasteiger partial charge in [-0.1, -0.05) is 12.6 Å². The van der Waals surface area contributed by atoms with Gasteiger partial charge in [-0.05, 0) is 31.9 Å². The number of carbonyl (C=O) groups excluding carboxylic acids is 2. The van der Waals surface area contributed by atoms with Crippen LogP contribution in [0.3, 0.4) is 0 Å². The molecule has 31 heavy (non-hydrogen) atoms. The number of nitro benzene ring substituents is 1. The number of hydrogen-bond acceptors (Lipinski definition) is 8. The van der Waals surface area contributed by atoms with Gasteiger partial charge in [0.2, 0.25) is 0 Å². The fourth-order valence-corrected chi connectivity index (χ4v) is 4.68. The number of benzene rings is 1. The first-order valence-electron chi connectivity index (χ1n) is 10.0. The summed E-state index contributed by atoms with van der Waals surface area (Å²) < 4.78 is 16.5. The van der Waals surface area contributed by atoms with E-state index < -0.39 is 34.3 Å². The number of rotatable bonds is 6. The van der Waals surface area contributed by atoms with Gasteiger partial charge in [0.25, 0.3) is 5.69 Å². The zero-order valence-corrected chi connectivity index (χ0v) is 18.0. The van der Waals surface area contributed by atoms with Crippen LogP contribution >= 0.6 is 0 Å². The fourth-order valence-electron chi connectivity index (χ4n) is 4.68. The average Bonchev–Trinajstić information content (AvgIpc) is 2.72. The number of nitrogens with one attached hydrogen (secondary N) is 1. The molecule has 3 rings (SSSR count). The highest BCUT2D eigenvalue weighted by Gasteiger charge is 2.63. The number of nitro groups is 1. The first-order chi connectivity index (χ1) is 14.7. The largest absolute Gasteiger partial charge is 0.465 e. The van der Waals surface area contributed by atoms with Crippen LogP contribution in [0.1, 0.15) is 37.8 Å². The van der Waals surface area contributed by atoms with E-state index >= 15 is 0 Å². The first-order valence-corrected chi connectivity index (χ1v) is 10.0. The van der Waals surface area contributed by atoms with E-state index in [4.69, 9.17) is 14.2 Å². The molecule has 0 saturated heterocycles. The molecule has 9 nitrogen and oxygen atoms in total. The molecule has 9 heteroatoms. The SMILES string of the molecule is C=C1NC(C)=C(C(=O)OCC)C2c3cc([N+](=O)[O-])ccc3CC(OC)C12C(=O)OCC. The predicted octanol–water partition coefficient (Wildman–Crippen LogP) is 2.75. The lowest BCUT2D eigenvalue weighted by molar-refractivity contribution is -0.385. The summed E-state index contributed by atoms with van der Waals surface area (Å²) in [6, 6.07) is 4.45. The van der Waals surface area contributed by atoms with Crippen molar-refractivity contribution in [2.24, 2.45) is 5.41 Å². The summed E-state index contributed by atoms with van der Waals surface area (Å²) in [5, 5.41) is 14.5. The Labute approximate surface area is 180 Å². The number of hydrogen-bond donors (Lipinski definition) is 1. The van der Waals surface area contributed by atoms with E-state index in [-0.39, 0.29) is 30.9 Å². The van der Waals surface area contributed by atoms with E-state index in [2.05, 4.69) is 11.9 Å². The van der Waals surface area contributed by atoms with Crippen molar-refractivity contribution >= 4 is 17.6 Å². The summed E-state index contributed by atoms with van der Waals surface area (Å²) in [6.45, 7) is 9.36. The number of ether oxygens (including phenoxy) is 3. The summed E-state index contributed by atoms with van der Waals surface area (Å²) in [4.78, 5) is 37.5. The predicted molar refractivity (Wildman–Crippen MR) is 111 cm³/mol. The van der Waals surface area contributed by atoms with Gasteiger partial charge in [-0.25, -0.2) is 4.79 Å². The van der Waals surface area contributed by atoms with Gasteiger partial charge in [0.05, 0.1) is 29.8 Å². The molecular formula is C22H26N2O7. The normalized spacial score (nSPS) is 24.6. The molecule has 1 aromatic carbocycles. The minimum Gasteiger partial charge on any atom is -0.465 e. The minimum absolute atomic E-state index is 0.107. The van der Waals surface area contributed by atoms with Crippen molar-refractivity contribution in [1.29, 1.82) is 0 Å². The quantitative estimate of drug-likeness (QED) is 0.416. The molecular weight excluding hydrogens is 404 g/mol. The molecule has 0 saturated carbocycles. The highest BCUT2D eigenvalue weighted by Crippen LogP contribution is 2.57. The van der Waals surface area contributed by atoms with Crippen molar-refractivity contribution in [3.05, 3.63) is 63.0 Å². The molecule has 1 N–H and O–H groups in total. The Morgan fingerprint density at radius 3 is 2.55 bits per heavy atom. The number of nitrogens with zero attached hydrogens (tertiary/aromatic N) is 1. The Hall–Kier alpha value is -3.20. The molecule has 0 aromatic heterocycles. The van der Waals surface area contributed by atoms with Crippen molar-refractivity contribution in [1.82, 2.24) is 5.32 Å².